The number of hydrogen-bond acceptors (Lipinski definition) is 2. The molecule has 0 unspecified atom stereocenters. The molecule has 88 valence electrons. The van der Waals surface area contributed by atoms with Crippen molar-refractivity contribution >= 4 is 40.7 Å². The Hall–Kier alpha value is -0.120. The van der Waals surface area contributed by atoms with Gasteiger partial charge in [-0.05, 0) is 36.5 Å². The van der Waals surface area contributed by atoms with E-state index in [2.05, 4.69) is 5.32 Å². The fraction of sp³-hybridized carbons (Fsp3) is 0.455. The normalized spacial score (nSPS) is 17.4. The van der Waals surface area contributed by atoms with Crippen LogP contribution in [0.4, 0.5) is 10.1 Å². The lowest BCUT2D eigenvalue weighted by molar-refractivity contribution is 0.628. The van der Waals surface area contributed by atoms with Gasteiger partial charge in [-0.3, -0.25) is 0 Å². The van der Waals surface area contributed by atoms with Crippen molar-refractivity contribution in [1.29, 1.82) is 0 Å². The zero-order valence-corrected chi connectivity index (χ0v) is 10.9. The Morgan fingerprint density at radius 1 is 1.19 bits per heavy atom. The van der Waals surface area contributed by atoms with Gasteiger partial charge < -0.3 is 5.32 Å². The summed E-state index contributed by atoms with van der Waals surface area (Å²) in [5, 5.41) is 3.48. The first-order valence-corrected chi connectivity index (χ1v) is 7.06. The largest absolute Gasteiger partial charge is 0.382 e. The van der Waals surface area contributed by atoms with E-state index < -0.39 is 5.82 Å². The van der Waals surface area contributed by atoms with Crippen LogP contribution >= 0.6 is 35.0 Å². The highest BCUT2D eigenvalue weighted by atomic mass is 35.5. The molecule has 1 aliphatic heterocycles. The molecular weight excluding hydrogens is 268 g/mol. The second-order valence-corrected chi connectivity index (χ2v) is 5.82. The predicted molar refractivity (Wildman–Crippen MR) is 70.4 cm³/mol. The third kappa shape index (κ3) is 2.96. The Kier molecular flexibility index (Phi) is 4.22. The lowest BCUT2D eigenvalue weighted by Crippen LogP contribution is -2.24. The van der Waals surface area contributed by atoms with Gasteiger partial charge in [0.25, 0.3) is 0 Å². The van der Waals surface area contributed by atoms with Crippen LogP contribution in [0.15, 0.2) is 12.1 Å². The molecule has 1 N–H and O–H groups in total. The molecule has 0 radical (unpaired) electrons. The third-order valence-corrected chi connectivity index (χ3v) is 4.17. The summed E-state index contributed by atoms with van der Waals surface area (Å²) in [6, 6.07) is 3.62. The molecule has 16 heavy (non-hydrogen) atoms. The lowest BCUT2D eigenvalue weighted by Gasteiger charge is -2.23. The number of nitrogens with one attached hydrogen (secondary N) is 1. The first kappa shape index (κ1) is 12.3. The molecule has 1 heterocycles. The Labute approximate surface area is 109 Å². The minimum Gasteiger partial charge on any atom is -0.382 e. The van der Waals surface area contributed by atoms with E-state index in [1.54, 1.807) is 12.1 Å². The maximum Gasteiger partial charge on any atom is 0.160 e. The van der Waals surface area contributed by atoms with Gasteiger partial charge in [0.05, 0.1) is 10.0 Å². The Morgan fingerprint density at radius 3 is 2.31 bits per heavy atom. The highest BCUT2D eigenvalue weighted by molar-refractivity contribution is 7.99. The van der Waals surface area contributed by atoms with E-state index in [0.29, 0.717) is 6.04 Å². The van der Waals surface area contributed by atoms with Crippen LogP contribution in [0.2, 0.25) is 10.0 Å². The second-order valence-electron chi connectivity index (χ2n) is 3.78. The minimum atomic E-state index is -0.548. The molecule has 1 aromatic rings. The standard InChI is InChI=1S/C11H12Cl2FNS/c12-9-5-8(6-10(13)11(9)14)15-7-1-3-16-4-2-7/h5-7,15H,1-4H2. The molecule has 1 fully saturated rings. The van der Waals surface area contributed by atoms with Crippen molar-refractivity contribution in [2.24, 2.45) is 0 Å². The van der Waals surface area contributed by atoms with Crippen LogP contribution in [0.5, 0.6) is 0 Å². The lowest BCUT2D eigenvalue weighted by atomic mass is 10.1. The van der Waals surface area contributed by atoms with Crippen molar-refractivity contribution in [3.63, 3.8) is 0 Å². The Morgan fingerprint density at radius 2 is 1.75 bits per heavy atom. The molecule has 1 aromatic carbocycles. The SMILES string of the molecule is Fc1c(Cl)cc(NC2CCSCC2)cc1Cl. The van der Waals surface area contributed by atoms with Crippen LogP contribution in [0.1, 0.15) is 12.8 Å². The summed E-state index contributed by atoms with van der Waals surface area (Å²) in [6.45, 7) is 0. The summed E-state index contributed by atoms with van der Waals surface area (Å²) >= 11 is 13.4. The number of thioether (sulfide) groups is 1. The van der Waals surface area contributed by atoms with Crippen molar-refractivity contribution in [2.45, 2.75) is 18.9 Å². The highest BCUT2D eigenvalue weighted by Crippen LogP contribution is 2.29. The summed E-state index contributed by atoms with van der Waals surface area (Å²) in [6.07, 6.45) is 2.24. The molecule has 0 saturated carbocycles. The Bertz CT molecular complexity index is 357. The Balaban J connectivity index is 2.09. The van der Waals surface area contributed by atoms with E-state index in [-0.39, 0.29) is 10.0 Å². The van der Waals surface area contributed by atoms with Crippen molar-refractivity contribution < 1.29 is 4.39 Å². The average Bonchev–Trinajstić information content (AvgIpc) is 2.27. The quantitative estimate of drug-likeness (QED) is 0.804. The summed E-state index contributed by atoms with van der Waals surface area (Å²) in [5.41, 5.74) is 0.799. The van der Waals surface area contributed by atoms with Gasteiger partial charge in [-0.1, -0.05) is 23.2 Å². The maximum atomic E-state index is 13.2. The van der Waals surface area contributed by atoms with Gasteiger partial charge in [0, 0.05) is 11.7 Å². The van der Waals surface area contributed by atoms with Crippen LogP contribution in [0, 0.1) is 5.82 Å². The molecule has 0 spiro atoms. The van der Waals surface area contributed by atoms with E-state index in [0.717, 1.165) is 18.5 Å². The molecule has 0 atom stereocenters. The van der Waals surface area contributed by atoms with Gasteiger partial charge >= 0.3 is 0 Å². The molecule has 1 saturated heterocycles. The van der Waals surface area contributed by atoms with Crippen LogP contribution in [0.3, 0.4) is 0 Å². The minimum absolute atomic E-state index is 0.0696. The van der Waals surface area contributed by atoms with Crippen LogP contribution in [0.25, 0.3) is 0 Å². The van der Waals surface area contributed by atoms with E-state index >= 15 is 0 Å². The third-order valence-electron chi connectivity index (χ3n) is 2.58. The van der Waals surface area contributed by atoms with Gasteiger partial charge in [-0.2, -0.15) is 11.8 Å². The molecule has 0 aromatic heterocycles. The average molecular weight is 280 g/mol. The summed E-state index contributed by atoms with van der Waals surface area (Å²) in [4.78, 5) is 0. The van der Waals surface area contributed by atoms with E-state index in [9.17, 15) is 4.39 Å². The predicted octanol–water partition coefficient (Wildman–Crippen LogP) is 4.44. The molecule has 5 heteroatoms. The fourth-order valence-electron chi connectivity index (χ4n) is 1.72. The number of anilines is 1. The topological polar surface area (TPSA) is 12.0 Å². The maximum absolute atomic E-state index is 13.2. The first-order valence-electron chi connectivity index (χ1n) is 5.15. The highest BCUT2D eigenvalue weighted by Gasteiger charge is 2.14. The van der Waals surface area contributed by atoms with Crippen LogP contribution in [-0.2, 0) is 0 Å². The monoisotopic (exact) mass is 279 g/mol. The molecule has 2 rings (SSSR count). The van der Waals surface area contributed by atoms with Gasteiger partial charge in [0.1, 0.15) is 0 Å². The smallest absolute Gasteiger partial charge is 0.160 e. The van der Waals surface area contributed by atoms with Crippen LogP contribution in [-0.4, -0.2) is 17.5 Å². The van der Waals surface area contributed by atoms with E-state index in [4.69, 9.17) is 23.2 Å². The van der Waals surface area contributed by atoms with Crippen molar-refractivity contribution in [3.05, 3.63) is 28.0 Å². The number of hydrogen-bond donors (Lipinski definition) is 1. The molecule has 1 nitrogen and oxygen atoms in total. The summed E-state index contributed by atoms with van der Waals surface area (Å²) < 4.78 is 13.2. The molecular formula is C11H12Cl2FNS. The van der Waals surface area contributed by atoms with Gasteiger partial charge in [-0.25, -0.2) is 4.39 Å². The van der Waals surface area contributed by atoms with Crippen molar-refractivity contribution in [3.8, 4) is 0 Å². The number of halogens is 3. The second kappa shape index (κ2) is 5.48. The number of rotatable bonds is 2. The van der Waals surface area contributed by atoms with Crippen molar-refractivity contribution in [1.82, 2.24) is 0 Å². The first-order chi connectivity index (χ1) is 7.66. The number of benzene rings is 1. The molecule has 0 bridgehead atoms. The fourth-order valence-corrected chi connectivity index (χ4v) is 3.31. The zero-order chi connectivity index (χ0) is 11.5. The molecule has 1 aliphatic rings. The van der Waals surface area contributed by atoms with Gasteiger partial charge in [0.15, 0.2) is 5.82 Å². The van der Waals surface area contributed by atoms with Gasteiger partial charge in [-0.15, -0.1) is 0 Å². The van der Waals surface area contributed by atoms with E-state index in [1.807, 2.05) is 11.8 Å². The molecule has 0 amide bonds. The van der Waals surface area contributed by atoms with Crippen LogP contribution < -0.4 is 5.32 Å². The molecule has 0 aliphatic carbocycles. The zero-order valence-electron chi connectivity index (χ0n) is 8.60. The van der Waals surface area contributed by atoms with E-state index in [1.165, 1.54) is 11.5 Å². The summed E-state index contributed by atoms with van der Waals surface area (Å²) in [5.74, 6) is 1.79. The van der Waals surface area contributed by atoms with Gasteiger partial charge in [0.2, 0.25) is 0 Å². The van der Waals surface area contributed by atoms with Crippen molar-refractivity contribution in [2.75, 3.05) is 16.8 Å². The summed E-state index contributed by atoms with van der Waals surface area (Å²) in [7, 11) is 0.